The molecule has 0 heterocycles. The second-order valence-electron chi connectivity index (χ2n) is 0.574. The monoisotopic (exact) mass is 107 g/mol. The number of aliphatic hydroxyl groups excluding tert-OH is 1. The number of nitrogens with two attached hydrogens (primary N) is 1. The predicted molar refractivity (Wildman–Crippen MR) is 25.7 cm³/mol. The van der Waals surface area contributed by atoms with E-state index in [1.807, 2.05) is 11.0 Å². The van der Waals surface area contributed by atoms with Crippen molar-refractivity contribution < 1.29 is 5.11 Å². The van der Waals surface area contributed by atoms with E-state index in [1.54, 1.807) is 0 Å². The summed E-state index contributed by atoms with van der Waals surface area (Å²) in [6.45, 7) is 0. The van der Waals surface area contributed by atoms with E-state index in [1.165, 1.54) is 0 Å². The molecular formula is CH5N3OS. The summed E-state index contributed by atoms with van der Waals surface area (Å²) in [5.41, 5.74) is 3.95. The molecule has 0 rings (SSSR count). The molecular weight excluding hydrogens is 102 g/mol. The van der Waals surface area contributed by atoms with Gasteiger partial charge in [-0.25, -0.2) is 0 Å². The van der Waals surface area contributed by atoms with Gasteiger partial charge in [0.2, 0.25) is 0 Å². The molecule has 0 bridgehead atoms. The van der Waals surface area contributed by atoms with Gasteiger partial charge in [-0.05, 0) is 12.2 Å². The molecule has 0 fully saturated rings. The molecule has 6 heavy (non-hydrogen) atoms. The average molecular weight is 107 g/mol. The summed E-state index contributed by atoms with van der Waals surface area (Å²) in [5, 5.41) is 7.67. The molecule has 0 aromatic carbocycles. The van der Waals surface area contributed by atoms with Gasteiger partial charge in [-0.1, -0.05) is 0 Å². The fourth-order valence-corrected chi connectivity index (χ4v) is 0.121. The molecule has 0 saturated carbocycles. The third kappa shape index (κ3) is 3.61. The van der Waals surface area contributed by atoms with Crippen LogP contribution in [-0.4, -0.2) is 10.3 Å². The Morgan fingerprint density at radius 1 is 1.83 bits per heavy atom. The first-order chi connectivity index (χ1) is 2.77. The number of nitrogens with one attached hydrogen (secondary N) is 2. The van der Waals surface area contributed by atoms with Crippen LogP contribution in [0.25, 0.3) is 0 Å². The lowest BCUT2D eigenvalue weighted by Crippen LogP contribution is -2.40. The Morgan fingerprint density at radius 3 is 2.33 bits per heavy atom. The third-order valence-corrected chi connectivity index (χ3v) is 0.281. The van der Waals surface area contributed by atoms with Gasteiger partial charge in [-0.3, -0.25) is 11.3 Å². The van der Waals surface area contributed by atoms with Crippen molar-refractivity contribution in [2.75, 3.05) is 0 Å². The Bertz CT molecular complexity index is 54.8. The largest absolute Gasteiger partial charge is 0.486 e. The zero-order valence-corrected chi connectivity index (χ0v) is 3.75. The van der Waals surface area contributed by atoms with E-state index < -0.39 is 0 Å². The fourth-order valence-electron chi connectivity index (χ4n) is 0.0617. The number of thiocarbonyl (C=S) groups is 1. The van der Waals surface area contributed by atoms with Crippen molar-refractivity contribution in [3.05, 3.63) is 0 Å². The number of aliphatic hydroxyl groups is 1. The molecule has 36 valence electrons. The first-order valence-electron chi connectivity index (χ1n) is 1.22. The lowest BCUT2D eigenvalue weighted by atomic mass is 11.3. The lowest BCUT2D eigenvalue weighted by molar-refractivity contribution is 0.504. The molecule has 0 saturated heterocycles. The standard InChI is InChI=1S/CH5N3OS/c2-4-3-1(5)6/h4H,2H2,(H2,3,5,6). The highest BCUT2D eigenvalue weighted by Crippen LogP contribution is 1.49. The zero-order valence-electron chi connectivity index (χ0n) is 2.93. The molecule has 5 heteroatoms. The third-order valence-electron chi connectivity index (χ3n) is 0.179. The minimum absolute atomic E-state index is 0.363. The van der Waals surface area contributed by atoms with Crippen LogP contribution in [-0.2, 0) is 0 Å². The highest BCUT2D eigenvalue weighted by Gasteiger charge is 1.76. The summed E-state index contributed by atoms with van der Waals surface area (Å²) in [6.07, 6.45) is 0. The summed E-state index contributed by atoms with van der Waals surface area (Å²) < 4.78 is 0. The normalized spacial score (nSPS) is 7.50. The van der Waals surface area contributed by atoms with E-state index in [2.05, 4.69) is 18.1 Å². The number of hydrogen-bond acceptors (Lipinski definition) is 3. The van der Waals surface area contributed by atoms with Crippen LogP contribution in [0.5, 0.6) is 0 Å². The smallest absolute Gasteiger partial charge is 0.269 e. The van der Waals surface area contributed by atoms with Crippen molar-refractivity contribution in [1.29, 1.82) is 0 Å². The quantitative estimate of drug-likeness (QED) is 0.192. The van der Waals surface area contributed by atoms with E-state index >= 15 is 0 Å². The number of rotatable bonds is 1. The molecule has 0 spiro atoms. The lowest BCUT2D eigenvalue weighted by Gasteiger charge is -1.93. The number of hydrazine groups is 2. The van der Waals surface area contributed by atoms with E-state index in [-0.39, 0.29) is 5.17 Å². The van der Waals surface area contributed by atoms with Crippen molar-refractivity contribution >= 4 is 17.4 Å². The van der Waals surface area contributed by atoms with Crippen LogP contribution >= 0.6 is 12.2 Å². The van der Waals surface area contributed by atoms with Gasteiger partial charge in [0.1, 0.15) is 0 Å². The highest BCUT2D eigenvalue weighted by atomic mass is 32.1. The zero-order chi connectivity index (χ0) is 4.99. The summed E-state index contributed by atoms with van der Waals surface area (Å²) in [4.78, 5) is 0. The maximum atomic E-state index is 8.03. The molecule has 0 radical (unpaired) electrons. The second-order valence-corrected chi connectivity index (χ2v) is 0.961. The van der Waals surface area contributed by atoms with Gasteiger partial charge >= 0.3 is 0 Å². The maximum Gasteiger partial charge on any atom is 0.269 e. The van der Waals surface area contributed by atoms with Gasteiger partial charge in [0, 0.05) is 0 Å². The Kier molecular flexibility index (Phi) is 2.64. The predicted octanol–water partition coefficient (Wildman–Crippen LogP) is -1.20. The summed E-state index contributed by atoms with van der Waals surface area (Å²) in [7, 11) is 0. The minimum atomic E-state index is -0.363. The SMILES string of the molecule is NNNC(O)=S. The minimum Gasteiger partial charge on any atom is -0.486 e. The van der Waals surface area contributed by atoms with Crippen LogP contribution < -0.4 is 16.8 Å². The first kappa shape index (κ1) is 5.61. The van der Waals surface area contributed by atoms with Crippen molar-refractivity contribution in [2.24, 2.45) is 5.84 Å². The molecule has 0 aliphatic heterocycles. The Balaban J connectivity index is 2.83. The average Bonchev–Trinajstić information content (AvgIpc) is 1.35. The van der Waals surface area contributed by atoms with Crippen molar-refractivity contribution in [1.82, 2.24) is 11.0 Å². The van der Waals surface area contributed by atoms with E-state index in [9.17, 15) is 0 Å². The van der Waals surface area contributed by atoms with Crippen LogP contribution in [0.15, 0.2) is 0 Å². The topological polar surface area (TPSA) is 70.3 Å². The van der Waals surface area contributed by atoms with Crippen molar-refractivity contribution in [3.63, 3.8) is 0 Å². The molecule has 0 amide bonds. The van der Waals surface area contributed by atoms with Crippen LogP contribution in [0.3, 0.4) is 0 Å². The van der Waals surface area contributed by atoms with E-state index in [0.29, 0.717) is 0 Å². The Morgan fingerprint density at radius 2 is 2.33 bits per heavy atom. The van der Waals surface area contributed by atoms with Crippen LogP contribution in [0, 0.1) is 0 Å². The van der Waals surface area contributed by atoms with Gasteiger partial charge in [0.05, 0.1) is 0 Å². The molecule has 0 aliphatic rings. The van der Waals surface area contributed by atoms with Crippen LogP contribution in [0.4, 0.5) is 0 Å². The van der Waals surface area contributed by atoms with Gasteiger partial charge in [-0.15, -0.1) is 0 Å². The molecule has 0 aromatic heterocycles. The summed E-state index contributed by atoms with van der Waals surface area (Å²) in [6, 6.07) is 0. The first-order valence-corrected chi connectivity index (χ1v) is 1.62. The Labute approximate surface area is 40.3 Å². The highest BCUT2D eigenvalue weighted by molar-refractivity contribution is 7.79. The van der Waals surface area contributed by atoms with Gasteiger partial charge in [0.15, 0.2) is 0 Å². The van der Waals surface area contributed by atoms with Gasteiger partial charge in [-0.2, -0.15) is 5.53 Å². The summed E-state index contributed by atoms with van der Waals surface area (Å²) in [5.74, 6) is 4.62. The van der Waals surface area contributed by atoms with Gasteiger partial charge in [0.25, 0.3) is 5.17 Å². The van der Waals surface area contributed by atoms with E-state index in [0.717, 1.165) is 0 Å². The van der Waals surface area contributed by atoms with Crippen molar-refractivity contribution in [2.45, 2.75) is 0 Å². The van der Waals surface area contributed by atoms with Gasteiger partial charge < -0.3 is 5.11 Å². The fraction of sp³-hybridized carbons (Fsp3) is 0. The number of hydrogen-bond donors (Lipinski definition) is 4. The molecule has 0 unspecified atom stereocenters. The maximum absolute atomic E-state index is 8.03. The van der Waals surface area contributed by atoms with Crippen LogP contribution in [0.1, 0.15) is 0 Å². The van der Waals surface area contributed by atoms with Crippen molar-refractivity contribution in [3.8, 4) is 0 Å². The van der Waals surface area contributed by atoms with E-state index in [4.69, 9.17) is 5.11 Å². The molecule has 4 nitrogen and oxygen atoms in total. The second kappa shape index (κ2) is 2.83. The van der Waals surface area contributed by atoms with Crippen LogP contribution in [0.2, 0.25) is 0 Å². The summed E-state index contributed by atoms with van der Waals surface area (Å²) >= 11 is 4.10. The molecule has 0 atom stereocenters. The molecule has 0 aromatic rings. The Hall–Kier alpha value is -0.390. The molecule has 5 N–H and O–H groups in total. The molecule has 0 aliphatic carbocycles.